The fourth-order valence-corrected chi connectivity index (χ4v) is 3.04. The Morgan fingerprint density at radius 3 is 2.57 bits per heavy atom. The minimum absolute atomic E-state index is 0.378. The summed E-state index contributed by atoms with van der Waals surface area (Å²) < 4.78 is 8.19. The molecule has 116 valence electrons. The predicted octanol–water partition coefficient (Wildman–Crippen LogP) is 4.81. The molecule has 0 amide bonds. The number of aryl methyl sites for hydroxylation is 2. The average Bonchev–Trinajstić information content (AvgIpc) is 3.10. The standard InChI is InChI=1S/C19H19N3O/c1-11(2)15-8-7-14-13-6-5-12(3)16(17(13)23-19(14)21-15)18-20-9-10-22(18)4/h5-11H,1-4H3. The Bertz CT molecular complexity index is 1020. The van der Waals surface area contributed by atoms with Crippen LogP contribution in [-0.2, 0) is 7.05 Å². The Kier molecular flexibility index (Phi) is 3.01. The molecule has 4 aromatic rings. The number of furan rings is 1. The van der Waals surface area contributed by atoms with Gasteiger partial charge in [0.2, 0.25) is 5.71 Å². The highest BCUT2D eigenvalue weighted by Crippen LogP contribution is 2.36. The SMILES string of the molecule is Cc1ccc2c(oc3nc(C(C)C)ccc32)c1-c1nccn1C. The Labute approximate surface area is 134 Å². The lowest BCUT2D eigenvalue weighted by Crippen LogP contribution is -1.94. The van der Waals surface area contributed by atoms with Gasteiger partial charge in [0, 0.05) is 35.9 Å². The number of aromatic nitrogens is 3. The molecule has 0 N–H and O–H groups in total. The summed E-state index contributed by atoms with van der Waals surface area (Å²) in [5, 5.41) is 2.14. The van der Waals surface area contributed by atoms with Crippen LogP contribution >= 0.6 is 0 Å². The Morgan fingerprint density at radius 2 is 1.87 bits per heavy atom. The molecule has 0 atom stereocenters. The summed E-state index contributed by atoms with van der Waals surface area (Å²) in [5.41, 5.74) is 4.80. The molecule has 4 heteroatoms. The summed E-state index contributed by atoms with van der Waals surface area (Å²) in [6.07, 6.45) is 3.76. The first-order valence-electron chi connectivity index (χ1n) is 7.86. The van der Waals surface area contributed by atoms with Crippen molar-refractivity contribution < 1.29 is 4.42 Å². The van der Waals surface area contributed by atoms with Crippen molar-refractivity contribution in [3.8, 4) is 11.4 Å². The topological polar surface area (TPSA) is 43.9 Å². The Hall–Kier alpha value is -2.62. The maximum atomic E-state index is 6.17. The van der Waals surface area contributed by atoms with Crippen molar-refractivity contribution in [3.63, 3.8) is 0 Å². The lowest BCUT2D eigenvalue weighted by Gasteiger charge is -2.06. The van der Waals surface area contributed by atoms with Crippen molar-refractivity contribution in [2.75, 3.05) is 0 Å². The molecule has 0 radical (unpaired) electrons. The highest BCUT2D eigenvalue weighted by Gasteiger charge is 2.18. The number of fused-ring (bicyclic) bond motifs is 3. The fourth-order valence-electron chi connectivity index (χ4n) is 3.04. The van der Waals surface area contributed by atoms with Crippen molar-refractivity contribution in [3.05, 3.63) is 47.9 Å². The van der Waals surface area contributed by atoms with E-state index in [1.165, 1.54) is 0 Å². The van der Waals surface area contributed by atoms with Crippen LogP contribution in [0.3, 0.4) is 0 Å². The first-order chi connectivity index (χ1) is 11.1. The van der Waals surface area contributed by atoms with Gasteiger partial charge in [-0.15, -0.1) is 0 Å². The van der Waals surface area contributed by atoms with Crippen molar-refractivity contribution in [1.29, 1.82) is 0 Å². The number of nitrogens with zero attached hydrogens (tertiary/aromatic N) is 3. The van der Waals surface area contributed by atoms with E-state index in [9.17, 15) is 0 Å². The second kappa shape index (κ2) is 4.95. The lowest BCUT2D eigenvalue weighted by molar-refractivity contribution is 0.647. The molecular weight excluding hydrogens is 286 g/mol. The summed E-state index contributed by atoms with van der Waals surface area (Å²) in [7, 11) is 2.00. The van der Waals surface area contributed by atoms with Crippen LogP contribution < -0.4 is 0 Å². The summed E-state index contributed by atoms with van der Waals surface area (Å²) in [6, 6.07) is 8.43. The van der Waals surface area contributed by atoms with Gasteiger partial charge in [0.05, 0.1) is 5.56 Å². The van der Waals surface area contributed by atoms with Gasteiger partial charge < -0.3 is 8.98 Å². The van der Waals surface area contributed by atoms with E-state index in [0.29, 0.717) is 11.6 Å². The molecule has 0 saturated heterocycles. The zero-order valence-corrected chi connectivity index (χ0v) is 13.8. The zero-order valence-electron chi connectivity index (χ0n) is 13.8. The molecule has 3 aromatic heterocycles. The highest BCUT2D eigenvalue weighted by molar-refractivity contribution is 6.08. The van der Waals surface area contributed by atoms with E-state index in [1.54, 1.807) is 0 Å². The molecular formula is C19H19N3O. The molecule has 0 fully saturated rings. The average molecular weight is 305 g/mol. The van der Waals surface area contributed by atoms with Crippen molar-refractivity contribution in [2.24, 2.45) is 7.05 Å². The first-order valence-corrected chi connectivity index (χ1v) is 7.86. The number of rotatable bonds is 2. The lowest BCUT2D eigenvalue weighted by atomic mass is 10.0. The van der Waals surface area contributed by atoms with Gasteiger partial charge in [0.15, 0.2) is 0 Å². The third-order valence-corrected chi connectivity index (χ3v) is 4.37. The quantitative estimate of drug-likeness (QED) is 0.533. The van der Waals surface area contributed by atoms with E-state index < -0.39 is 0 Å². The van der Waals surface area contributed by atoms with Crippen LogP contribution in [0.2, 0.25) is 0 Å². The van der Waals surface area contributed by atoms with Crippen molar-refractivity contribution in [1.82, 2.24) is 14.5 Å². The van der Waals surface area contributed by atoms with Gasteiger partial charge in [-0.3, -0.25) is 0 Å². The number of hydrogen-bond acceptors (Lipinski definition) is 3. The van der Waals surface area contributed by atoms with E-state index in [0.717, 1.165) is 39.0 Å². The van der Waals surface area contributed by atoms with Crippen LogP contribution in [0, 0.1) is 6.92 Å². The van der Waals surface area contributed by atoms with E-state index >= 15 is 0 Å². The summed E-state index contributed by atoms with van der Waals surface area (Å²) in [5.74, 6) is 1.29. The van der Waals surface area contributed by atoms with Gasteiger partial charge >= 0.3 is 0 Å². The van der Waals surface area contributed by atoms with Gasteiger partial charge in [-0.25, -0.2) is 9.97 Å². The molecule has 0 spiro atoms. The first kappa shape index (κ1) is 14.0. The van der Waals surface area contributed by atoms with Crippen LogP contribution in [0.25, 0.3) is 33.5 Å². The largest absolute Gasteiger partial charge is 0.437 e. The van der Waals surface area contributed by atoms with Gasteiger partial charge in [-0.2, -0.15) is 0 Å². The van der Waals surface area contributed by atoms with E-state index in [4.69, 9.17) is 9.40 Å². The maximum absolute atomic E-state index is 6.17. The van der Waals surface area contributed by atoms with Crippen LogP contribution in [0.15, 0.2) is 41.1 Å². The van der Waals surface area contributed by atoms with Crippen molar-refractivity contribution >= 4 is 22.1 Å². The highest BCUT2D eigenvalue weighted by atomic mass is 16.3. The van der Waals surface area contributed by atoms with Crippen LogP contribution in [0.4, 0.5) is 0 Å². The summed E-state index contributed by atoms with van der Waals surface area (Å²) >= 11 is 0. The van der Waals surface area contributed by atoms with E-state index in [1.807, 2.05) is 24.0 Å². The predicted molar refractivity (Wildman–Crippen MR) is 92.5 cm³/mol. The van der Waals surface area contributed by atoms with E-state index in [-0.39, 0.29) is 0 Å². The second-order valence-corrected chi connectivity index (χ2v) is 6.34. The van der Waals surface area contributed by atoms with E-state index in [2.05, 4.69) is 50.0 Å². The van der Waals surface area contributed by atoms with Gasteiger partial charge in [-0.05, 0) is 30.5 Å². The van der Waals surface area contributed by atoms with Crippen LogP contribution in [-0.4, -0.2) is 14.5 Å². The number of hydrogen-bond donors (Lipinski definition) is 0. The number of benzene rings is 1. The smallest absolute Gasteiger partial charge is 0.227 e. The third kappa shape index (κ3) is 2.05. The van der Waals surface area contributed by atoms with Gasteiger partial charge in [-0.1, -0.05) is 26.0 Å². The number of pyridine rings is 1. The third-order valence-electron chi connectivity index (χ3n) is 4.37. The fraction of sp³-hybridized carbons (Fsp3) is 0.263. The molecule has 4 rings (SSSR count). The number of imidazole rings is 1. The Morgan fingerprint density at radius 1 is 1.09 bits per heavy atom. The molecule has 0 bridgehead atoms. The normalized spacial score (nSPS) is 11.9. The molecule has 0 aliphatic rings. The Balaban J connectivity index is 2.09. The van der Waals surface area contributed by atoms with Crippen molar-refractivity contribution in [2.45, 2.75) is 26.7 Å². The summed E-state index contributed by atoms with van der Waals surface area (Å²) in [6.45, 7) is 6.37. The second-order valence-electron chi connectivity index (χ2n) is 6.34. The molecule has 3 heterocycles. The summed E-state index contributed by atoms with van der Waals surface area (Å²) in [4.78, 5) is 9.19. The van der Waals surface area contributed by atoms with Gasteiger partial charge in [0.1, 0.15) is 11.4 Å². The molecule has 1 aromatic carbocycles. The van der Waals surface area contributed by atoms with Crippen LogP contribution in [0.1, 0.15) is 31.0 Å². The molecule has 0 saturated carbocycles. The molecule has 4 nitrogen and oxygen atoms in total. The molecule has 0 aliphatic heterocycles. The molecule has 0 unspecified atom stereocenters. The van der Waals surface area contributed by atoms with Gasteiger partial charge in [0.25, 0.3) is 0 Å². The molecule has 0 aliphatic carbocycles. The monoisotopic (exact) mass is 305 g/mol. The maximum Gasteiger partial charge on any atom is 0.227 e. The van der Waals surface area contributed by atoms with Crippen LogP contribution in [0.5, 0.6) is 0 Å². The minimum atomic E-state index is 0.378. The zero-order chi connectivity index (χ0) is 16.1. The molecule has 23 heavy (non-hydrogen) atoms. The minimum Gasteiger partial charge on any atom is -0.437 e.